The molecule has 141 heavy (non-hydrogen) atoms. The monoisotopic (exact) mass is 1950 g/mol. The molecule has 15 aromatic rings. The third-order valence-corrected chi connectivity index (χ3v) is 26.6. The number of pyridine rings is 5. The smallest absolute Gasteiger partial charge is 0.258 e. The second-order valence-corrected chi connectivity index (χ2v) is 38.3. The average Bonchev–Trinajstić information content (AvgIpc) is 1.63. The number of imidazole rings is 5. The van der Waals surface area contributed by atoms with Crippen molar-refractivity contribution in [3.8, 4) is 5.75 Å². The van der Waals surface area contributed by atoms with Crippen LogP contribution in [0.5, 0.6) is 5.75 Å². The summed E-state index contributed by atoms with van der Waals surface area (Å²) in [6, 6.07) is 54.8. The van der Waals surface area contributed by atoms with Gasteiger partial charge in [-0.05, 0) is 235 Å². The van der Waals surface area contributed by atoms with Gasteiger partial charge in [0, 0.05) is 117 Å². The molecule has 10 aromatic heterocycles. The molecule has 0 bridgehead atoms. The van der Waals surface area contributed by atoms with Crippen molar-refractivity contribution >= 4 is 109 Å². The minimum absolute atomic E-state index is 0.0146. The van der Waals surface area contributed by atoms with Crippen LogP contribution in [-0.4, -0.2) is 167 Å². The third kappa shape index (κ3) is 26.1. The SMILES string of the molecule is CC(C)CN(Cc1nc2cccnc2n1C1CCCC1)C(=O)c1cccc(Cl)c1.CCCCCN(Cc1nc2cccnc2n1CCC)C(=O)c1ccccc1.CCCCN(Cc1nc2cccnc2n1C1CCCC1)C(=O)c1ccccc1OC.CCCN(Cc1nc2cccnc2n1CC1CC1)C(=O)c1ccc(F)c(F)c1.CCCN(Cc1nc2cccnc2n1CC1CC1)C(=O)c1ccccc1Cl. The Morgan fingerprint density at radius 3 is 1.26 bits per heavy atom. The molecule has 10 heterocycles. The number of aromatic nitrogens is 15. The average molecular weight is 1950 g/mol. The van der Waals surface area contributed by atoms with Crippen LogP contribution in [0.3, 0.4) is 0 Å². The lowest BCUT2D eigenvalue weighted by molar-refractivity contribution is 0.0711. The Hall–Kier alpha value is -13.2. The molecular weight excluding hydrogens is 1820 g/mol. The number of hydrogen-bond donors (Lipinski definition) is 0. The molecule has 30 heteroatoms. The van der Waals surface area contributed by atoms with Crippen LogP contribution in [0.2, 0.25) is 10.0 Å². The van der Waals surface area contributed by atoms with E-state index < -0.39 is 11.6 Å². The van der Waals surface area contributed by atoms with Crippen LogP contribution in [-0.2, 0) is 52.4 Å². The number of aryl methyl sites for hydroxylation is 1. The minimum Gasteiger partial charge on any atom is -0.496 e. The summed E-state index contributed by atoms with van der Waals surface area (Å²) in [5, 5.41) is 1.06. The highest BCUT2D eigenvalue weighted by Gasteiger charge is 2.34. The summed E-state index contributed by atoms with van der Waals surface area (Å²) < 4.78 is 43.3. The molecule has 738 valence electrons. The first kappa shape index (κ1) is 102. The lowest BCUT2D eigenvalue weighted by atomic mass is 10.1. The van der Waals surface area contributed by atoms with Gasteiger partial charge in [0.25, 0.3) is 29.5 Å². The van der Waals surface area contributed by atoms with Crippen LogP contribution >= 0.6 is 23.2 Å². The van der Waals surface area contributed by atoms with E-state index in [-0.39, 0.29) is 35.1 Å². The van der Waals surface area contributed by atoms with Crippen LogP contribution in [0.1, 0.15) is 270 Å². The molecule has 0 atom stereocenters. The zero-order valence-corrected chi connectivity index (χ0v) is 83.8. The number of para-hydroxylation sites is 1. The van der Waals surface area contributed by atoms with Crippen molar-refractivity contribution in [3.05, 3.63) is 292 Å². The summed E-state index contributed by atoms with van der Waals surface area (Å²) in [7, 11) is 1.60. The molecule has 4 aliphatic rings. The number of hydrogen-bond acceptors (Lipinski definition) is 16. The van der Waals surface area contributed by atoms with Crippen molar-refractivity contribution in [1.82, 2.24) is 97.2 Å². The molecule has 5 amide bonds. The molecule has 5 aromatic carbocycles. The van der Waals surface area contributed by atoms with Crippen molar-refractivity contribution in [3.63, 3.8) is 0 Å². The summed E-state index contributed by atoms with van der Waals surface area (Å²) in [4.78, 5) is 122. The summed E-state index contributed by atoms with van der Waals surface area (Å²) >= 11 is 12.4. The zero-order chi connectivity index (χ0) is 98.8. The van der Waals surface area contributed by atoms with Gasteiger partial charge < -0.3 is 52.1 Å². The van der Waals surface area contributed by atoms with Crippen LogP contribution in [0.4, 0.5) is 8.78 Å². The fourth-order valence-electron chi connectivity index (χ4n) is 18.7. The molecule has 0 N–H and O–H groups in total. The predicted octanol–water partition coefficient (Wildman–Crippen LogP) is 23.9. The molecule has 26 nitrogen and oxygen atoms in total. The molecule has 0 radical (unpaired) electrons. The van der Waals surface area contributed by atoms with Gasteiger partial charge in [-0.3, -0.25) is 24.0 Å². The largest absolute Gasteiger partial charge is 0.496 e. The Morgan fingerprint density at radius 2 is 0.780 bits per heavy atom. The zero-order valence-electron chi connectivity index (χ0n) is 82.3. The highest BCUT2D eigenvalue weighted by molar-refractivity contribution is 6.33. The van der Waals surface area contributed by atoms with E-state index in [4.69, 9.17) is 52.9 Å². The van der Waals surface area contributed by atoms with Crippen LogP contribution in [0, 0.1) is 29.4 Å². The Labute approximate surface area is 834 Å². The first-order chi connectivity index (χ1) is 68.7. The van der Waals surface area contributed by atoms with Gasteiger partial charge in [0.05, 0.1) is 56.0 Å². The van der Waals surface area contributed by atoms with Crippen molar-refractivity contribution in [2.24, 2.45) is 17.8 Å². The van der Waals surface area contributed by atoms with E-state index in [0.717, 1.165) is 206 Å². The van der Waals surface area contributed by atoms with Crippen LogP contribution in [0.25, 0.3) is 55.8 Å². The lowest BCUT2D eigenvalue weighted by Crippen LogP contribution is -2.35. The van der Waals surface area contributed by atoms with E-state index >= 15 is 0 Å². The van der Waals surface area contributed by atoms with Gasteiger partial charge in [-0.1, -0.05) is 165 Å². The standard InChI is InChI=1S/C24H30N4O2.C23H27ClN4O.C22H28N4O.C21H23ClN4O.C21H22F2N4O/c1-3-4-16-27(24(29)19-12-7-8-14-21(19)30-2)17-22-26-20-13-9-15-25-23(20)28(22)18-10-5-6-11-18;1-16(2)14-27(23(29)17-7-5-8-18(24)13-17)15-21-26-20-11-6-12-25-22(20)28(21)19-9-3-4-10-19;1-3-5-9-16-25(22(27)18-11-7-6-8-12-18)17-20-24-19-13-10-14-23-21(19)26(20)15-4-2;1-2-12-25(21(27)16-6-3-4-7-17(16)22)14-19-24-18-8-5-11-23-20(18)26(19)13-15-9-10-15;1-2-10-26(21(28)15-7-8-16(22)17(23)11-15)13-19-25-18-4-3-9-24-20(18)27(19)12-14-5-6-14/h7-9,12-15,18H,3-6,10-11,16-17H2,1-2H3;5-8,11-13,16,19H,3-4,9-10,14-15H2,1-2H3;6-8,10-14H,3-5,9,15-17H2,1-2H3;3-8,11,15H,2,9-10,12-14H2,1H3;3-4,7-9,11,14H,2,5-6,10,12-13H2,1H3. The fraction of sp³-hybridized carbons (Fsp3) is 0.414. The Balaban J connectivity index is 0.000000133. The Morgan fingerprint density at radius 1 is 0.376 bits per heavy atom. The van der Waals surface area contributed by atoms with E-state index in [0.29, 0.717) is 121 Å². The molecule has 4 aliphatic carbocycles. The van der Waals surface area contributed by atoms with E-state index in [1.807, 2.05) is 178 Å². The number of carbonyl (C=O) groups excluding carboxylic acids is 5. The maximum Gasteiger partial charge on any atom is 0.258 e. The summed E-state index contributed by atoms with van der Waals surface area (Å²) in [6.45, 7) is 22.8. The number of halogens is 4. The van der Waals surface area contributed by atoms with E-state index in [2.05, 4.69) is 89.3 Å². The number of nitrogens with zero attached hydrogens (tertiary/aromatic N) is 20. The second-order valence-electron chi connectivity index (χ2n) is 37.5. The molecule has 0 spiro atoms. The third-order valence-electron chi connectivity index (χ3n) is 26.1. The number of ether oxygens (including phenoxy) is 1. The highest BCUT2D eigenvalue weighted by atomic mass is 35.5. The molecule has 19 rings (SSSR count). The van der Waals surface area contributed by atoms with Gasteiger partial charge in [-0.2, -0.15) is 0 Å². The Kier molecular flexibility index (Phi) is 36.1. The predicted molar refractivity (Wildman–Crippen MR) is 551 cm³/mol. The van der Waals surface area contributed by atoms with Crippen molar-refractivity contribution < 1.29 is 37.5 Å². The van der Waals surface area contributed by atoms with Crippen molar-refractivity contribution in [1.29, 1.82) is 0 Å². The van der Waals surface area contributed by atoms with Gasteiger partial charge >= 0.3 is 0 Å². The number of methoxy groups -OCH3 is 1. The topological polar surface area (TPSA) is 264 Å². The maximum absolute atomic E-state index is 13.6. The first-order valence-corrected chi connectivity index (χ1v) is 51.1. The number of fused-ring (bicyclic) bond motifs is 5. The fourth-order valence-corrected chi connectivity index (χ4v) is 19.2. The number of rotatable bonds is 37. The second kappa shape index (κ2) is 49.8. The van der Waals surface area contributed by atoms with Gasteiger partial charge in [0.1, 0.15) is 62.5 Å². The summed E-state index contributed by atoms with van der Waals surface area (Å²) in [5.41, 5.74) is 11.5. The van der Waals surface area contributed by atoms with Gasteiger partial charge in [-0.15, -0.1) is 0 Å². The molecule has 4 saturated carbocycles. The van der Waals surface area contributed by atoms with Crippen LogP contribution in [0.15, 0.2) is 213 Å². The molecule has 0 aliphatic heterocycles. The lowest BCUT2D eigenvalue weighted by Gasteiger charge is -2.26. The number of amides is 5. The molecule has 4 fully saturated rings. The Bertz CT molecular complexity index is 6720. The number of carbonyl (C=O) groups is 5. The van der Waals surface area contributed by atoms with Crippen molar-refractivity contribution in [2.45, 2.75) is 241 Å². The van der Waals surface area contributed by atoms with Crippen LogP contribution < -0.4 is 4.74 Å². The van der Waals surface area contributed by atoms with Gasteiger partial charge in [-0.25, -0.2) is 58.6 Å². The number of unbranched alkanes of at least 4 members (excludes halogenated alkanes) is 3. The van der Waals surface area contributed by atoms with Gasteiger partial charge in [0.2, 0.25) is 0 Å². The van der Waals surface area contributed by atoms with Gasteiger partial charge in [0.15, 0.2) is 39.9 Å². The minimum atomic E-state index is -1.02. The van der Waals surface area contributed by atoms with Crippen molar-refractivity contribution in [2.75, 3.05) is 39.8 Å². The van der Waals surface area contributed by atoms with E-state index in [1.54, 1.807) is 54.9 Å². The molecule has 0 unspecified atom stereocenters. The highest BCUT2D eigenvalue weighted by Crippen LogP contribution is 2.39. The van der Waals surface area contributed by atoms with E-state index in [1.165, 1.54) is 57.4 Å². The number of benzene rings is 5. The molecular formula is C111H130Cl2F2N20O6. The normalized spacial score (nSPS) is 13.6. The molecule has 0 saturated heterocycles. The summed E-state index contributed by atoms with van der Waals surface area (Å²) in [5.74, 6) is 4.35. The maximum atomic E-state index is 13.6. The first-order valence-electron chi connectivity index (χ1n) is 50.4. The summed E-state index contributed by atoms with van der Waals surface area (Å²) in [6.07, 6.45) is 31.2. The van der Waals surface area contributed by atoms with E-state index in [9.17, 15) is 32.8 Å². The quantitative estimate of drug-likeness (QED) is 0.0328.